The van der Waals surface area contributed by atoms with Crippen LogP contribution in [0.2, 0.25) is 0 Å². The van der Waals surface area contributed by atoms with E-state index < -0.39 is 0 Å². The third kappa shape index (κ3) is 3.60. The quantitative estimate of drug-likeness (QED) is 0.444. The van der Waals surface area contributed by atoms with E-state index in [9.17, 15) is 9.18 Å². The standard InChI is InChI=1S/C26H26FN7O2/c1-4-36-20-9-19-23(30-24(20)31-25(35)26-10-15(26)11-33(2)13-26)22(29-14-28-19)17-12-34(3)32-21(17)16-7-5-6-8-18(16)27/h5-9,12,14-15H,4,10-11,13H2,1-3H3,(H,30,31,35). The molecule has 1 saturated carbocycles. The maximum Gasteiger partial charge on any atom is 0.233 e. The number of piperidine rings is 1. The van der Waals surface area contributed by atoms with Gasteiger partial charge in [-0.05, 0) is 38.4 Å². The van der Waals surface area contributed by atoms with Gasteiger partial charge in [0.2, 0.25) is 5.91 Å². The van der Waals surface area contributed by atoms with Gasteiger partial charge in [0, 0.05) is 43.5 Å². The van der Waals surface area contributed by atoms with Gasteiger partial charge in [-0.1, -0.05) is 12.1 Å². The number of amides is 1. The van der Waals surface area contributed by atoms with Crippen molar-refractivity contribution in [3.8, 4) is 28.3 Å². The van der Waals surface area contributed by atoms with Crippen molar-refractivity contribution in [1.82, 2.24) is 29.6 Å². The van der Waals surface area contributed by atoms with Crippen molar-refractivity contribution in [1.29, 1.82) is 0 Å². The summed E-state index contributed by atoms with van der Waals surface area (Å²) in [5.74, 6) is 0.725. The van der Waals surface area contributed by atoms with E-state index in [-0.39, 0.29) is 17.1 Å². The molecule has 6 rings (SSSR count). The molecule has 0 radical (unpaired) electrons. The van der Waals surface area contributed by atoms with Crippen molar-refractivity contribution in [2.45, 2.75) is 13.3 Å². The minimum absolute atomic E-state index is 0.0449. The predicted octanol–water partition coefficient (Wildman–Crippen LogP) is 3.52. The molecule has 0 spiro atoms. The largest absolute Gasteiger partial charge is 0.490 e. The number of likely N-dealkylation sites (tertiary alicyclic amines) is 1. The van der Waals surface area contributed by atoms with E-state index in [0.29, 0.717) is 57.6 Å². The monoisotopic (exact) mass is 487 g/mol. The zero-order valence-electron chi connectivity index (χ0n) is 20.3. The Morgan fingerprint density at radius 3 is 2.81 bits per heavy atom. The van der Waals surface area contributed by atoms with Gasteiger partial charge >= 0.3 is 0 Å². The van der Waals surface area contributed by atoms with Gasteiger partial charge in [-0.3, -0.25) is 9.48 Å². The summed E-state index contributed by atoms with van der Waals surface area (Å²) in [5.41, 5.74) is 2.57. The fraction of sp³-hybridized carbons (Fsp3) is 0.346. The van der Waals surface area contributed by atoms with Crippen molar-refractivity contribution < 1.29 is 13.9 Å². The van der Waals surface area contributed by atoms with Crippen LogP contribution in [0, 0.1) is 17.2 Å². The highest BCUT2D eigenvalue weighted by Crippen LogP contribution is 2.58. The number of ether oxygens (including phenoxy) is 1. The molecule has 2 unspecified atom stereocenters. The number of benzene rings is 1. The fourth-order valence-corrected chi connectivity index (χ4v) is 5.35. The number of hydrogen-bond donors (Lipinski definition) is 1. The summed E-state index contributed by atoms with van der Waals surface area (Å²) in [6, 6.07) is 8.24. The van der Waals surface area contributed by atoms with Gasteiger partial charge in [0.15, 0.2) is 11.6 Å². The molecule has 2 atom stereocenters. The van der Waals surface area contributed by atoms with Crippen LogP contribution in [-0.4, -0.2) is 62.3 Å². The molecule has 4 aromatic rings. The lowest BCUT2D eigenvalue weighted by Gasteiger charge is -2.17. The number of anilines is 1. The van der Waals surface area contributed by atoms with Crippen LogP contribution >= 0.6 is 0 Å². The summed E-state index contributed by atoms with van der Waals surface area (Å²) in [6.07, 6.45) is 4.10. The van der Waals surface area contributed by atoms with E-state index in [4.69, 9.17) is 9.72 Å². The number of aryl methyl sites for hydroxylation is 1. The summed E-state index contributed by atoms with van der Waals surface area (Å²) < 4.78 is 22.1. The molecule has 2 fully saturated rings. The summed E-state index contributed by atoms with van der Waals surface area (Å²) in [6.45, 7) is 3.94. The van der Waals surface area contributed by atoms with E-state index >= 15 is 0 Å². The smallest absolute Gasteiger partial charge is 0.233 e. The number of carbonyl (C=O) groups is 1. The molecule has 0 bridgehead atoms. The second kappa shape index (κ2) is 8.34. The molecule has 10 heteroatoms. The van der Waals surface area contributed by atoms with Crippen LogP contribution in [0.1, 0.15) is 13.3 Å². The molecule has 2 aliphatic rings. The number of nitrogens with zero attached hydrogens (tertiary/aromatic N) is 6. The van der Waals surface area contributed by atoms with E-state index in [0.717, 1.165) is 19.5 Å². The number of fused-ring (bicyclic) bond motifs is 2. The summed E-state index contributed by atoms with van der Waals surface area (Å²) >= 11 is 0. The first-order chi connectivity index (χ1) is 17.4. The van der Waals surface area contributed by atoms with E-state index in [1.54, 1.807) is 42.2 Å². The van der Waals surface area contributed by atoms with Gasteiger partial charge in [-0.15, -0.1) is 0 Å². The first-order valence-corrected chi connectivity index (χ1v) is 12.0. The minimum Gasteiger partial charge on any atom is -0.490 e. The highest BCUT2D eigenvalue weighted by atomic mass is 19.1. The van der Waals surface area contributed by atoms with Gasteiger partial charge in [0.1, 0.15) is 29.0 Å². The van der Waals surface area contributed by atoms with Crippen molar-refractivity contribution >= 4 is 22.8 Å². The Balaban J connectivity index is 1.47. The third-order valence-corrected chi connectivity index (χ3v) is 7.09. The van der Waals surface area contributed by atoms with Crippen LogP contribution in [0.3, 0.4) is 0 Å². The second-order valence-corrected chi connectivity index (χ2v) is 9.61. The minimum atomic E-state index is -0.380. The molecule has 1 aromatic carbocycles. The molecular formula is C26H26FN7O2. The maximum atomic E-state index is 14.7. The Bertz CT molecular complexity index is 1500. The van der Waals surface area contributed by atoms with Crippen LogP contribution in [0.5, 0.6) is 5.75 Å². The molecule has 9 nitrogen and oxygen atoms in total. The van der Waals surface area contributed by atoms with Crippen molar-refractivity contribution in [2.24, 2.45) is 18.4 Å². The number of aromatic nitrogens is 5. The zero-order valence-corrected chi connectivity index (χ0v) is 20.3. The molecule has 1 saturated heterocycles. The Labute approximate surface area is 207 Å². The van der Waals surface area contributed by atoms with E-state index in [1.165, 1.54) is 12.4 Å². The molecular weight excluding hydrogens is 461 g/mol. The van der Waals surface area contributed by atoms with Crippen LogP contribution in [0.15, 0.2) is 42.9 Å². The lowest BCUT2D eigenvalue weighted by molar-refractivity contribution is -0.121. The predicted molar refractivity (Wildman–Crippen MR) is 133 cm³/mol. The summed E-state index contributed by atoms with van der Waals surface area (Å²) in [5, 5.41) is 7.54. The van der Waals surface area contributed by atoms with Gasteiger partial charge in [-0.25, -0.2) is 19.3 Å². The number of hydrogen-bond acceptors (Lipinski definition) is 7. The summed E-state index contributed by atoms with van der Waals surface area (Å²) in [7, 11) is 3.80. The molecule has 1 N–H and O–H groups in total. The highest BCUT2D eigenvalue weighted by molar-refractivity contribution is 6.01. The van der Waals surface area contributed by atoms with Crippen molar-refractivity contribution in [3.63, 3.8) is 0 Å². The molecule has 1 aliphatic carbocycles. The molecule has 1 amide bonds. The fourth-order valence-electron chi connectivity index (χ4n) is 5.35. The number of nitrogens with one attached hydrogen (secondary N) is 1. The normalized spacial score (nSPS) is 20.9. The Kier molecular flexibility index (Phi) is 5.22. The SMILES string of the molecule is CCOc1cc2ncnc(-c3cn(C)nc3-c3ccccc3F)c2nc1NC(=O)C12CC1CN(C)C2. The van der Waals surface area contributed by atoms with Gasteiger partial charge in [0.25, 0.3) is 0 Å². The first kappa shape index (κ1) is 22.5. The Hall–Kier alpha value is -3.92. The molecule has 1 aliphatic heterocycles. The van der Waals surface area contributed by atoms with Gasteiger partial charge in [-0.2, -0.15) is 5.10 Å². The molecule has 184 valence electrons. The second-order valence-electron chi connectivity index (χ2n) is 9.61. The zero-order chi connectivity index (χ0) is 25.0. The van der Waals surface area contributed by atoms with Gasteiger partial charge < -0.3 is 15.0 Å². The molecule has 4 heterocycles. The van der Waals surface area contributed by atoms with Gasteiger partial charge in [0.05, 0.1) is 17.5 Å². The molecule has 3 aromatic heterocycles. The summed E-state index contributed by atoms with van der Waals surface area (Å²) in [4.78, 5) is 29.2. The maximum absolute atomic E-state index is 14.7. The van der Waals surface area contributed by atoms with Crippen LogP contribution in [0.25, 0.3) is 33.5 Å². The number of rotatable bonds is 6. The van der Waals surface area contributed by atoms with Crippen molar-refractivity contribution in [2.75, 3.05) is 32.1 Å². The first-order valence-electron chi connectivity index (χ1n) is 12.0. The van der Waals surface area contributed by atoms with Crippen LogP contribution < -0.4 is 10.1 Å². The third-order valence-electron chi connectivity index (χ3n) is 7.09. The number of halogens is 1. The highest BCUT2D eigenvalue weighted by Gasteiger charge is 2.64. The number of carbonyl (C=O) groups excluding carboxylic acids is 1. The van der Waals surface area contributed by atoms with Crippen molar-refractivity contribution in [3.05, 3.63) is 48.7 Å². The lowest BCUT2D eigenvalue weighted by Crippen LogP contribution is -2.31. The van der Waals surface area contributed by atoms with Crippen LogP contribution in [0.4, 0.5) is 10.2 Å². The Morgan fingerprint density at radius 1 is 1.22 bits per heavy atom. The molecule has 36 heavy (non-hydrogen) atoms. The number of pyridine rings is 1. The average Bonchev–Trinajstić information content (AvgIpc) is 3.22. The van der Waals surface area contributed by atoms with Crippen LogP contribution in [-0.2, 0) is 11.8 Å². The van der Waals surface area contributed by atoms with E-state index in [1.807, 2.05) is 14.0 Å². The van der Waals surface area contributed by atoms with E-state index in [2.05, 4.69) is 25.3 Å². The topological polar surface area (TPSA) is 98.1 Å². The average molecular weight is 488 g/mol. The lowest BCUT2D eigenvalue weighted by atomic mass is 10.0. The Morgan fingerprint density at radius 2 is 2.06 bits per heavy atom.